The van der Waals surface area contributed by atoms with Gasteiger partial charge in [0.1, 0.15) is 6.61 Å². The van der Waals surface area contributed by atoms with Gasteiger partial charge < -0.3 is 19.3 Å². The van der Waals surface area contributed by atoms with Gasteiger partial charge >= 0.3 is 19.8 Å². The number of esters is 2. The van der Waals surface area contributed by atoms with Gasteiger partial charge in [0, 0.05) is 19.4 Å². The first-order valence-electron chi connectivity index (χ1n) is 21.6. The van der Waals surface area contributed by atoms with E-state index in [1.807, 2.05) is 19.0 Å². The molecule has 1 N–H and O–H groups in total. The van der Waals surface area contributed by atoms with Crippen molar-refractivity contribution in [3.8, 4) is 0 Å². The molecule has 0 aromatic heterocycles. The second-order valence-electron chi connectivity index (χ2n) is 14.5. The number of ether oxygens (including phenoxy) is 2. The van der Waals surface area contributed by atoms with Crippen LogP contribution in [0.1, 0.15) is 168 Å². The lowest BCUT2D eigenvalue weighted by Gasteiger charge is -2.20. The minimum atomic E-state index is -4.37. The Morgan fingerprint density at radius 3 is 1.60 bits per heavy atom. The fourth-order valence-corrected chi connectivity index (χ4v) is 6.24. The van der Waals surface area contributed by atoms with Crippen molar-refractivity contribution in [2.24, 2.45) is 0 Å². The lowest BCUT2D eigenvalue weighted by Crippen LogP contribution is -2.29. The van der Waals surface area contributed by atoms with Crippen LogP contribution in [-0.2, 0) is 32.7 Å². The summed E-state index contributed by atoms with van der Waals surface area (Å²) >= 11 is 0. The standard InChI is InChI=1S/C45H80NO8P/c1-5-7-9-11-13-15-17-19-21-22-24-26-28-30-32-34-36-38-45(48)54-43(42-53-55(49,50)52-40-39-46(3)4)41-51-44(47)37-35-33-31-29-27-25-23-20-18-16-14-12-10-8-6-2/h8,10,14,16,19-21,23,27,29,43H,5-7,9,11-13,15,17-18,22,24-26,28,30-42H2,1-4H3,(H,49,50)/b10-8-,16-14-,21-19-,23-20-,29-27-. The van der Waals surface area contributed by atoms with E-state index in [1.54, 1.807) is 0 Å². The molecule has 10 heteroatoms. The average Bonchev–Trinajstić information content (AvgIpc) is 3.15. The number of likely N-dealkylation sites (N-methyl/N-ethyl adjacent to an activating group) is 1. The molecule has 0 amide bonds. The van der Waals surface area contributed by atoms with E-state index in [0.29, 0.717) is 19.4 Å². The number of hydrogen-bond donors (Lipinski definition) is 1. The zero-order chi connectivity index (χ0) is 40.5. The van der Waals surface area contributed by atoms with E-state index in [2.05, 4.69) is 74.6 Å². The van der Waals surface area contributed by atoms with E-state index in [1.165, 1.54) is 64.2 Å². The van der Waals surface area contributed by atoms with Crippen LogP contribution in [0.4, 0.5) is 0 Å². The SMILES string of the molecule is CC/C=C\C/C=C\C/C=C\C/C=C\CCCCC(=O)OCC(COP(=O)(O)OCCN(C)C)OC(=O)CCCCCCCCC/C=C\CCCCCCCC. The van der Waals surface area contributed by atoms with Crippen LogP contribution in [0.2, 0.25) is 0 Å². The molecule has 318 valence electrons. The first kappa shape index (κ1) is 52.7. The van der Waals surface area contributed by atoms with Crippen molar-refractivity contribution < 1.29 is 37.6 Å². The molecule has 0 saturated carbocycles. The average molecular weight is 794 g/mol. The number of unbranched alkanes of at least 4 members (excludes halogenated alkanes) is 15. The number of phosphoric acid groups is 1. The van der Waals surface area contributed by atoms with E-state index >= 15 is 0 Å². The molecule has 0 heterocycles. The van der Waals surface area contributed by atoms with E-state index in [9.17, 15) is 19.0 Å². The maximum atomic E-state index is 12.7. The molecule has 55 heavy (non-hydrogen) atoms. The third-order valence-electron chi connectivity index (χ3n) is 8.81. The number of rotatable bonds is 39. The Hall–Kier alpha value is -2.29. The van der Waals surface area contributed by atoms with Crippen LogP contribution in [0.3, 0.4) is 0 Å². The molecule has 0 spiro atoms. The fraction of sp³-hybridized carbons (Fsp3) is 0.733. The Morgan fingerprint density at radius 2 is 1.04 bits per heavy atom. The Bertz CT molecular complexity index is 1100. The monoisotopic (exact) mass is 794 g/mol. The van der Waals surface area contributed by atoms with Gasteiger partial charge in [-0.15, -0.1) is 0 Å². The largest absolute Gasteiger partial charge is 0.472 e. The van der Waals surface area contributed by atoms with Crippen molar-refractivity contribution in [2.75, 3.05) is 40.5 Å². The van der Waals surface area contributed by atoms with Crippen LogP contribution < -0.4 is 0 Å². The summed E-state index contributed by atoms with van der Waals surface area (Å²) in [6, 6.07) is 0. The summed E-state index contributed by atoms with van der Waals surface area (Å²) < 4.78 is 33.4. The third-order valence-corrected chi connectivity index (χ3v) is 9.79. The normalized spacial score (nSPS) is 14.0. The molecule has 0 saturated heterocycles. The first-order valence-corrected chi connectivity index (χ1v) is 23.1. The van der Waals surface area contributed by atoms with E-state index in [-0.39, 0.29) is 26.1 Å². The Morgan fingerprint density at radius 1 is 0.582 bits per heavy atom. The van der Waals surface area contributed by atoms with Crippen LogP contribution in [0.25, 0.3) is 0 Å². The number of allylic oxidation sites excluding steroid dienone is 10. The predicted molar refractivity (Wildman–Crippen MR) is 229 cm³/mol. The molecule has 0 aliphatic carbocycles. The van der Waals surface area contributed by atoms with Gasteiger partial charge in [-0.1, -0.05) is 139 Å². The van der Waals surface area contributed by atoms with Crippen molar-refractivity contribution in [3.05, 3.63) is 60.8 Å². The maximum Gasteiger partial charge on any atom is 0.472 e. The molecule has 0 aliphatic heterocycles. The maximum absolute atomic E-state index is 12.7. The van der Waals surface area contributed by atoms with E-state index in [4.69, 9.17) is 18.5 Å². The molecule has 0 bridgehead atoms. The lowest BCUT2D eigenvalue weighted by atomic mass is 10.1. The summed E-state index contributed by atoms with van der Waals surface area (Å²) in [4.78, 5) is 37.0. The Balaban J connectivity index is 4.37. The molecule has 0 radical (unpaired) electrons. The summed E-state index contributed by atoms with van der Waals surface area (Å²) in [6.45, 7) is 4.14. The summed E-state index contributed by atoms with van der Waals surface area (Å²) in [5.74, 6) is -0.860. The van der Waals surface area contributed by atoms with E-state index in [0.717, 1.165) is 64.2 Å². The van der Waals surface area contributed by atoms with Gasteiger partial charge in [-0.3, -0.25) is 18.6 Å². The molecular weight excluding hydrogens is 713 g/mol. The van der Waals surface area contributed by atoms with Crippen molar-refractivity contribution in [3.63, 3.8) is 0 Å². The first-order chi connectivity index (χ1) is 26.7. The van der Waals surface area contributed by atoms with Gasteiger partial charge in [0.2, 0.25) is 0 Å². The number of hydrogen-bond acceptors (Lipinski definition) is 8. The highest BCUT2D eigenvalue weighted by Gasteiger charge is 2.26. The topological polar surface area (TPSA) is 112 Å². The minimum Gasteiger partial charge on any atom is -0.462 e. The zero-order valence-corrected chi connectivity index (χ0v) is 36.2. The second-order valence-corrected chi connectivity index (χ2v) is 15.9. The third kappa shape index (κ3) is 41.2. The molecule has 2 atom stereocenters. The van der Waals surface area contributed by atoms with Crippen LogP contribution >= 0.6 is 7.82 Å². The quantitative estimate of drug-likeness (QED) is 0.0281. The molecule has 0 aromatic carbocycles. The van der Waals surface area contributed by atoms with Gasteiger partial charge in [-0.2, -0.15) is 0 Å². The highest BCUT2D eigenvalue weighted by Crippen LogP contribution is 2.43. The molecule has 9 nitrogen and oxygen atoms in total. The van der Waals surface area contributed by atoms with Gasteiger partial charge in [-0.05, 0) is 91.1 Å². The zero-order valence-electron chi connectivity index (χ0n) is 35.3. The molecule has 0 rings (SSSR count). The van der Waals surface area contributed by atoms with Gasteiger partial charge in [0.25, 0.3) is 0 Å². The number of carbonyl (C=O) groups excluding carboxylic acids is 2. The van der Waals surface area contributed by atoms with Crippen LogP contribution in [0, 0.1) is 0 Å². The highest BCUT2D eigenvalue weighted by atomic mass is 31.2. The van der Waals surface area contributed by atoms with Crippen molar-refractivity contribution >= 4 is 19.8 Å². The molecule has 2 unspecified atom stereocenters. The number of carbonyl (C=O) groups is 2. The van der Waals surface area contributed by atoms with Crippen LogP contribution in [0.5, 0.6) is 0 Å². The minimum absolute atomic E-state index is 0.00249. The van der Waals surface area contributed by atoms with Crippen molar-refractivity contribution in [1.82, 2.24) is 4.90 Å². The Labute approximate surface area is 336 Å². The lowest BCUT2D eigenvalue weighted by molar-refractivity contribution is -0.161. The summed E-state index contributed by atoms with van der Waals surface area (Å²) in [5, 5.41) is 0. The van der Waals surface area contributed by atoms with Gasteiger partial charge in [0.05, 0.1) is 13.2 Å². The smallest absolute Gasteiger partial charge is 0.462 e. The molecule has 0 aromatic rings. The molecule has 0 aliphatic rings. The Kier molecular flexibility index (Phi) is 38.3. The highest BCUT2D eigenvalue weighted by molar-refractivity contribution is 7.47. The van der Waals surface area contributed by atoms with Crippen molar-refractivity contribution in [2.45, 2.75) is 174 Å². The van der Waals surface area contributed by atoms with Gasteiger partial charge in [-0.25, -0.2) is 4.57 Å². The van der Waals surface area contributed by atoms with Crippen molar-refractivity contribution in [1.29, 1.82) is 0 Å². The van der Waals surface area contributed by atoms with E-state index < -0.39 is 32.5 Å². The number of phosphoric ester groups is 1. The van der Waals surface area contributed by atoms with Crippen LogP contribution in [-0.4, -0.2) is 68.3 Å². The fourth-order valence-electron chi connectivity index (χ4n) is 5.50. The summed E-state index contributed by atoms with van der Waals surface area (Å²) in [6.07, 6.45) is 45.5. The summed E-state index contributed by atoms with van der Waals surface area (Å²) in [7, 11) is -0.737. The van der Waals surface area contributed by atoms with Gasteiger partial charge in [0.15, 0.2) is 6.10 Å². The second kappa shape index (κ2) is 39.9. The number of nitrogens with zero attached hydrogens (tertiary/aromatic N) is 1. The molecular formula is C45H80NO8P. The summed E-state index contributed by atoms with van der Waals surface area (Å²) in [5.41, 5.74) is 0. The molecule has 0 fully saturated rings. The predicted octanol–water partition coefficient (Wildman–Crippen LogP) is 12.3. The van der Waals surface area contributed by atoms with Crippen LogP contribution in [0.15, 0.2) is 60.8 Å².